The molecular formula is C27H27N. The van der Waals surface area contributed by atoms with Crippen LogP contribution in [-0.4, -0.2) is 0 Å². The minimum absolute atomic E-state index is 0. The summed E-state index contributed by atoms with van der Waals surface area (Å²) in [4.78, 5) is 0. The average Bonchev–Trinajstić information content (AvgIpc) is 2.98. The Labute approximate surface area is 168 Å². The molecule has 28 heavy (non-hydrogen) atoms. The molecule has 2 aliphatic rings. The van der Waals surface area contributed by atoms with Crippen LogP contribution in [0.2, 0.25) is 0 Å². The van der Waals surface area contributed by atoms with Gasteiger partial charge in [-0.15, -0.1) is 0 Å². The van der Waals surface area contributed by atoms with Crippen molar-refractivity contribution in [3.05, 3.63) is 107 Å². The SMILES string of the molecule is CC1(C)C2=C(C(Nc3ccccc3-c3ccccc3)=CCC2)c2ccccc21.[HH]. The number of hydrogen-bond acceptors (Lipinski definition) is 1. The van der Waals surface area contributed by atoms with Gasteiger partial charge in [0, 0.05) is 29.4 Å². The third-order valence-corrected chi connectivity index (χ3v) is 6.22. The second-order valence-electron chi connectivity index (χ2n) is 8.22. The molecular weight excluding hydrogens is 338 g/mol. The maximum absolute atomic E-state index is 3.80. The second kappa shape index (κ2) is 6.53. The summed E-state index contributed by atoms with van der Waals surface area (Å²) in [6.45, 7) is 4.74. The average molecular weight is 366 g/mol. The fourth-order valence-electron chi connectivity index (χ4n) is 4.81. The highest BCUT2D eigenvalue weighted by molar-refractivity contribution is 5.93. The normalized spacial score (nSPS) is 17.0. The molecule has 0 aliphatic heterocycles. The Kier molecular flexibility index (Phi) is 3.98. The molecule has 1 N–H and O–H groups in total. The van der Waals surface area contributed by atoms with E-state index in [1.807, 2.05) is 0 Å². The summed E-state index contributed by atoms with van der Waals surface area (Å²) in [6, 6.07) is 28.1. The first-order chi connectivity index (χ1) is 13.7. The number of para-hydroxylation sites is 1. The molecule has 1 heteroatoms. The second-order valence-corrected chi connectivity index (χ2v) is 8.22. The van der Waals surface area contributed by atoms with Crippen LogP contribution in [0.4, 0.5) is 5.69 Å². The fourth-order valence-corrected chi connectivity index (χ4v) is 4.81. The van der Waals surface area contributed by atoms with Crippen molar-refractivity contribution in [1.82, 2.24) is 0 Å². The topological polar surface area (TPSA) is 12.0 Å². The van der Waals surface area contributed by atoms with Gasteiger partial charge in [-0.05, 0) is 41.2 Å². The van der Waals surface area contributed by atoms with Gasteiger partial charge in [-0.1, -0.05) is 92.7 Å². The zero-order valence-corrected chi connectivity index (χ0v) is 16.5. The molecule has 1 nitrogen and oxygen atoms in total. The molecule has 0 radical (unpaired) electrons. The van der Waals surface area contributed by atoms with E-state index in [-0.39, 0.29) is 6.84 Å². The molecule has 0 bridgehead atoms. The van der Waals surface area contributed by atoms with Gasteiger partial charge in [0.05, 0.1) is 0 Å². The van der Waals surface area contributed by atoms with E-state index in [0.717, 1.165) is 18.5 Å². The summed E-state index contributed by atoms with van der Waals surface area (Å²) in [7, 11) is 0. The first-order valence-corrected chi connectivity index (χ1v) is 10.1. The summed E-state index contributed by atoms with van der Waals surface area (Å²) in [5.41, 5.74) is 10.8. The summed E-state index contributed by atoms with van der Waals surface area (Å²) < 4.78 is 0. The van der Waals surface area contributed by atoms with Crippen molar-refractivity contribution in [1.29, 1.82) is 0 Å². The van der Waals surface area contributed by atoms with E-state index >= 15 is 0 Å². The highest BCUT2D eigenvalue weighted by Gasteiger charge is 2.39. The molecule has 2 aliphatic carbocycles. The predicted octanol–water partition coefficient (Wildman–Crippen LogP) is 7.43. The summed E-state index contributed by atoms with van der Waals surface area (Å²) >= 11 is 0. The quantitative estimate of drug-likeness (QED) is 0.509. The number of hydrogen-bond donors (Lipinski definition) is 1. The van der Waals surface area contributed by atoms with E-state index in [2.05, 4.69) is 104 Å². The number of allylic oxidation sites excluding steroid dienone is 3. The molecule has 0 aromatic heterocycles. The van der Waals surface area contributed by atoms with Crippen molar-refractivity contribution < 1.29 is 1.43 Å². The van der Waals surface area contributed by atoms with Gasteiger partial charge in [-0.3, -0.25) is 0 Å². The predicted molar refractivity (Wildman–Crippen MR) is 121 cm³/mol. The highest BCUT2D eigenvalue weighted by atomic mass is 14.9. The third kappa shape index (κ3) is 2.62. The van der Waals surface area contributed by atoms with Crippen LogP contribution in [0.5, 0.6) is 0 Å². The molecule has 3 aromatic carbocycles. The van der Waals surface area contributed by atoms with Crippen LogP contribution >= 0.6 is 0 Å². The Morgan fingerprint density at radius 1 is 0.786 bits per heavy atom. The van der Waals surface area contributed by atoms with Crippen molar-refractivity contribution in [2.24, 2.45) is 0 Å². The standard InChI is InChI=1S/C27H25N.H2/c1-27(2)22-15-8-6-14-21(22)26-23(27)16-10-18-25(26)28-24-17-9-7-13-20(24)19-11-4-3-5-12-19;/h3-9,11-15,17-18,28H,10,16H2,1-2H3;1H. The van der Waals surface area contributed by atoms with E-state index in [1.54, 1.807) is 5.57 Å². The molecule has 0 saturated heterocycles. The van der Waals surface area contributed by atoms with E-state index in [0.29, 0.717) is 0 Å². The van der Waals surface area contributed by atoms with Crippen molar-refractivity contribution in [2.75, 3.05) is 5.32 Å². The number of benzene rings is 3. The Morgan fingerprint density at radius 3 is 2.29 bits per heavy atom. The first kappa shape index (κ1) is 17.1. The smallest absolute Gasteiger partial charge is 0.0463 e. The van der Waals surface area contributed by atoms with Gasteiger partial charge in [0.25, 0.3) is 0 Å². The zero-order chi connectivity index (χ0) is 19.1. The van der Waals surface area contributed by atoms with Gasteiger partial charge < -0.3 is 5.32 Å². The Morgan fingerprint density at radius 2 is 1.46 bits per heavy atom. The zero-order valence-electron chi connectivity index (χ0n) is 16.5. The molecule has 3 aromatic rings. The van der Waals surface area contributed by atoms with Gasteiger partial charge in [0.15, 0.2) is 0 Å². The number of fused-ring (bicyclic) bond motifs is 2. The van der Waals surface area contributed by atoms with E-state index in [9.17, 15) is 0 Å². The molecule has 0 amide bonds. The fraction of sp³-hybridized carbons (Fsp3) is 0.185. The lowest BCUT2D eigenvalue weighted by atomic mass is 9.78. The first-order valence-electron chi connectivity index (χ1n) is 10.1. The lowest BCUT2D eigenvalue weighted by molar-refractivity contribution is 0.606. The van der Waals surface area contributed by atoms with Crippen LogP contribution in [0, 0.1) is 0 Å². The van der Waals surface area contributed by atoms with E-state index in [4.69, 9.17) is 0 Å². The molecule has 5 rings (SSSR count). The van der Waals surface area contributed by atoms with E-state index < -0.39 is 0 Å². The maximum atomic E-state index is 3.80. The molecule has 140 valence electrons. The third-order valence-electron chi connectivity index (χ3n) is 6.22. The van der Waals surface area contributed by atoms with Crippen molar-refractivity contribution in [3.63, 3.8) is 0 Å². The largest absolute Gasteiger partial charge is 0.355 e. The molecule has 0 saturated carbocycles. The monoisotopic (exact) mass is 365 g/mol. The summed E-state index contributed by atoms with van der Waals surface area (Å²) in [5.74, 6) is 0. The summed E-state index contributed by atoms with van der Waals surface area (Å²) in [6.07, 6.45) is 4.60. The molecule has 0 spiro atoms. The minimum Gasteiger partial charge on any atom is -0.355 e. The minimum atomic E-state index is 0. The Bertz CT molecular complexity index is 1110. The van der Waals surface area contributed by atoms with Crippen molar-refractivity contribution in [2.45, 2.75) is 32.1 Å². The molecule has 0 heterocycles. The van der Waals surface area contributed by atoms with Gasteiger partial charge in [-0.2, -0.15) is 0 Å². The van der Waals surface area contributed by atoms with Gasteiger partial charge >= 0.3 is 0 Å². The number of anilines is 1. The molecule has 0 unspecified atom stereocenters. The highest BCUT2D eigenvalue weighted by Crippen LogP contribution is 2.52. The van der Waals surface area contributed by atoms with Crippen LogP contribution in [0.3, 0.4) is 0 Å². The number of nitrogens with one attached hydrogen (secondary N) is 1. The molecule has 0 fully saturated rings. The van der Waals surface area contributed by atoms with E-state index in [1.165, 1.54) is 33.5 Å². The van der Waals surface area contributed by atoms with Gasteiger partial charge in [0.1, 0.15) is 0 Å². The maximum Gasteiger partial charge on any atom is 0.0463 e. The van der Waals surface area contributed by atoms with Gasteiger partial charge in [-0.25, -0.2) is 0 Å². The van der Waals surface area contributed by atoms with Crippen LogP contribution in [0.1, 0.15) is 39.2 Å². The summed E-state index contributed by atoms with van der Waals surface area (Å²) in [5, 5.41) is 3.80. The lowest BCUT2D eigenvalue weighted by Gasteiger charge is -2.27. The van der Waals surface area contributed by atoms with Crippen molar-refractivity contribution in [3.8, 4) is 11.1 Å². The number of rotatable bonds is 3. The Balaban J connectivity index is 0.00000205. The van der Waals surface area contributed by atoms with Crippen molar-refractivity contribution >= 4 is 11.3 Å². The van der Waals surface area contributed by atoms with Crippen LogP contribution < -0.4 is 5.32 Å². The van der Waals surface area contributed by atoms with Gasteiger partial charge in [0.2, 0.25) is 0 Å². The molecule has 0 atom stereocenters. The van der Waals surface area contributed by atoms with Crippen LogP contribution in [-0.2, 0) is 5.41 Å². The Hall–Kier alpha value is -3.06. The van der Waals surface area contributed by atoms with Crippen LogP contribution in [0.15, 0.2) is 96.2 Å². The van der Waals surface area contributed by atoms with Crippen LogP contribution in [0.25, 0.3) is 16.7 Å². The lowest BCUT2D eigenvalue weighted by Crippen LogP contribution is -2.18.